The van der Waals surface area contributed by atoms with Crippen LogP contribution in [-0.4, -0.2) is 22.8 Å². The molecule has 2 aromatic rings. The second-order valence-electron chi connectivity index (χ2n) is 4.49. The molecule has 0 fully saturated rings. The molecule has 0 bridgehead atoms. The predicted octanol–water partition coefficient (Wildman–Crippen LogP) is 4.27. The third-order valence-electron chi connectivity index (χ3n) is 2.78. The summed E-state index contributed by atoms with van der Waals surface area (Å²) in [6, 6.07) is 9.66. The van der Waals surface area contributed by atoms with Crippen molar-refractivity contribution in [3.8, 4) is 5.88 Å². The van der Waals surface area contributed by atoms with Crippen molar-refractivity contribution in [1.29, 1.82) is 0 Å². The highest BCUT2D eigenvalue weighted by Gasteiger charge is 2.29. The summed E-state index contributed by atoms with van der Waals surface area (Å²) in [4.78, 5) is 8.54. The normalized spacial score (nSPS) is 11.5. The maximum Gasteiger partial charge on any atom is 0.422 e. The molecule has 0 aliphatic rings. The summed E-state index contributed by atoms with van der Waals surface area (Å²) in [5.74, 6) is 0.606. The fraction of sp³-hybridized carbons (Fsp3) is 0.333. The average molecular weight is 328 g/mol. The third kappa shape index (κ3) is 4.91. The Hall–Kier alpha value is -1.76. The average Bonchev–Trinajstić information content (AvgIpc) is 2.51. The Morgan fingerprint density at radius 2 is 1.86 bits per heavy atom. The standard InChI is InChI=1S/C15H15F3N2OS/c1-2-12-13(22-8-11-6-4-3-5-7-11)14(20-10-19-12)21-9-15(16,17)18/h3-7,10H,2,8-9H2,1H3. The van der Waals surface area contributed by atoms with Crippen LogP contribution < -0.4 is 4.74 Å². The van der Waals surface area contributed by atoms with Crippen LogP contribution in [0.3, 0.4) is 0 Å². The first kappa shape index (κ1) is 16.6. The zero-order valence-corrected chi connectivity index (χ0v) is 12.7. The number of aryl methyl sites for hydroxylation is 1. The van der Waals surface area contributed by atoms with Crippen molar-refractivity contribution >= 4 is 11.8 Å². The van der Waals surface area contributed by atoms with Gasteiger partial charge in [-0.05, 0) is 12.0 Å². The molecule has 2 rings (SSSR count). The quantitative estimate of drug-likeness (QED) is 0.742. The molecular weight excluding hydrogens is 313 g/mol. The number of hydrogen-bond acceptors (Lipinski definition) is 4. The number of thioether (sulfide) groups is 1. The molecule has 0 unspecified atom stereocenters. The molecule has 0 N–H and O–H groups in total. The van der Waals surface area contributed by atoms with E-state index in [0.717, 1.165) is 5.56 Å². The number of aromatic nitrogens is 2. The van der Waals surface area contributed by atoms with Gasteiger partial charge in [0.25, 0.3) is 0 Å². The van der Waals surface area contributed by atoms with Gasteiger partial charge < -0.3 is 4.74 Å². The van der Waals surface area contributed by atoms with Gasteiger partial charge in [0, 0.05) is 5.75 Å². The Kier molecular flexibility index (Phi) is 5.65. The number of hydrogen-bond donors (Lipinski definition) is 0. The second-order valence-corrected chi connectivity index (χ2v) is 5.47. The maximum absolute atomic E-state index is 12.3. The minimum atomic E-state index is -4.39. The Balaban J connectivity index is 2.16. The van der Waals surface area contributed by atoms with Crippen molar-refractivity contribution in [3.63, 3.8) is 0 Å². The number of alkyl halides is 3. The Morgan fingerprint density at radius 3 is 2.50 bits per heavy atom. The van der Waals surface area contributed by atoms with Crippen molar-refractivity contribution in [2.24, 2.45) is 0 Å². The SMILES string of the molecule is CCc1ncnc(OCC(F)(F)F)c1SCc1ccccc1. The summed E-state index contributed by atoms with van der Waals surface area (Å²) in [6.45, 7) is 0.536. The van der Waals surface area contributed by atoms with Gasteiger partial charge in [-0.15, -0.1) is 11.8 Å². The Morgan fingerprint density at radius 1 is 1.14 bits per heavy atom. The van der Waals surface area contributed by atoms with E-state index in [4.69, 9.17) is 4.74 Å². The van der Waals surface area contributed by atoms with Gasteiger partial charge in [0.1, 0.15) is 6.33 Å². The van der Waals surface area contributed by atoms with Crippen molar-refractivity contribution < 1.29 is 17.9 Å². The zero-order valence-electron chi connectivity index (χ0n) is 11.9. The molecule has 0 spiro atoms. The summed E-state index contributed by atoms with van der Waals surface area (Å²) in [5, 5.41) is 0. The molecule has 0 aliphatic heterocycles. The topological polar surface area (TPSA) is 35.0 Å². The van der Waals surface area contributed by atoms with Crippen LogP contribution in [0.15, 0.2) is 41.6 Å². The summed E-state index contributed by atoms with van der Waals surface area (Å²) >= 11 is 1.38. The lowest BCUT2D eigenvalue weighted by atomic mass is 10.2. The molecule has 22 heavy (non-hydrogen) atoms. The van der Waals surface area contributed by atoms with Gasteiger partial charge in [0.2, 0.25) is 5.88 Å². The first-order valence-electron chi connectivity index (χ1n) is 6.69. The van der Waals surface area contributed by atoms with Gasteiger partial charge in [0.05, 0.1) is 10.6 Å². The van der Waals surface area contributed by atoms with E-state index in [-0.39, 0.29) is 5.88 Å². The smallest absolute Gasteiger partial charge is 0.422 e. The van der Waals surface area contributed by atoms with Crippen molar-refractivity contribution in [3.05, 3.63) is 47.9 Å². The second kappa shape index (κ2) is 7.49. The summed E-state index contributed by atoms with van der Waals surface area (Å²) < 4.78 is 41.8. The van der Waals surface area contributed by atoms with Crippen molar-refractivity contribution in [2.75, 3.05) is 6.61 Å². The molecule has 3 nitrogen and oxygen atoms in total. The first-order valence-corrected chi connectivity index (χ1v) is 7.68. The minimum absolute atomic E-state index is 0.00916. The molecule has 1 heterocycles. The number of halogens is 3. The minimum Gasteiger partial charge on any atom is -0.467 e. The zero-order chi connectivity index (χ0) is 16.0. The Labute approximate surface area is 130 Å². The first-order chi connectivity index (χ1) is 10.5. The number of ether oxygens (including phenoxy) is 1. The lowest BCUT2D eigenvalue weighted by molar-refractivity contribution is -0.154. The maximum atomic E-state index is 12.3. The Bertz CT molecular complexity index is 605. The number of rotatable bonds is 6. The lowest BCUT2D eigenvalue weighted by Gasteiger charge is -2.13. The van der Waals surface area contributed by atoms with Crippen LogP contribution in [-0.2, 0) is 12.2 Å². The van der Waals surface area contributed by atoms with Crippen molar-refractivity contribution in [2.45, 2.75) is 30.2 Å². The molecule has 0 saturated carbocycles. The lowest BCUT2D eigenvalue weighted by Crippen LogP contribution is -2.20. The van der Waals surface area contributed by atoms with E-state index >= 15 is 0 Å². The molecule has 0 atom stereocenters. The molecule has 1 aromatic carbocycles. The van der Waals surface area contributed by atoms with Crippen LogP contribution in [0.1, 0.15) is 18.2 Å². The van der Waals surface area contributed by atoms with Gasteiger partial charge in [-0.3, -0.25) is 0 Å². The van der Waals surface area contributed by atoms with Gasteiger partial charge in [0.15, 0.2) is 6.61 Å². The van der Waals surface area contributed by atoms with E-state index in [1.807, 2.05) is 37.3 Å². The van der Waals surface area contributed by atoms with Crippen molar-refractivity contribution in [1.82, 2.24) is 9.97 Å². The number of nitrogens with zero attached hydrogens (tertiary/aromatic N) is 2. The molecular formula is C15H15F3N2OS. The van der Waals surface area contributed by atoms with E-state index in [0.29, 0.717) is 22.8 Å². The van der Waals surface area contributed by atoms with Gasteiger partial charge in [-0.25, -0.2) is 9.97 Å². The molecule has 118 valence electrons. The summed E-state index contributed by atoms with van der Waals surface area (Å²) in [7, 11) is 0. The van der Waals surface area contributed by atoms with Crippen LogP contribution in [0.4, 0.5) is 13.2 Å². The van der Waals surface area contributed by atoms with Crippen LogP contribution in [0, 0.1) is 0 Å². The van der Waals surface area contributed by atoms with Gasteiger partial charge in [-0.1, -0.05) is 37.3 Å². The van der Waals surface area contributed by atoms with Crippen LogP contribution in [0.5, 0.6) is 5.88 Å². The largest absolute Gasteiger partial charge is 0.467 e. The number of benzene rings is 1. The highest BCUT2D eigenvalue weighted by molar-refractivity contribution is 7.98. The van der Waals surface area contributed by atoms with Gasteiger partial charge >= 0.3 is 6.18 Å². The fourth-order valence-corrected chi connectivity index (χ4v) is 2.87. The van der Waals surface area contributed by atoms with E-state index in [9.17, 15) is 13.2 Å². The van der Waals surface area contributed by atoms with Gasteiger partial charge in [-0.2, -0.15) is 13.2 Å². The molecule has 0 aliphatic carbocycles. The highest BCUT2D eigenvalue weighted by atomic mass is 32.2. The molecule has 7 heteroatoms. The van der Waals surface area contributed by atoms with Crippen LogP contribution in [0.25, 0.3) is 0 Å². The summed E-state index contributed by atoms with van der Waals surface area (Å²) in [5.41, 5.74) is 1.76. The molecule has 0 saturated heterocycles. The van der Waals surface area contributed by atoms with E-state index in [1.54, 1.807) is 0 Å². The van der Waals surface area contributed by atoms with E-state index < -0.39 is 12.8 Å². The van der Waals surface area contributed by atoms with Crippen LogP contribution >= 0.6 is 11.8 Å². The van der Waals surface area contributed by atoms with E-state index in [2.05, 4.69) is 9.97 Å². The fourth-order valence-electron chi connectivity index (χ4n) is 1.77. The van der Waals surface area contributed by atoms with Crippen LogP contribution in [0.2, 0.25) is 0 Å². The molecule has 0 amide bonds. The van der Waals surface area contributed by atoms with E-state index in [1.165, 1.54) is 18.1 Å². The highest BCUT2D eigenvalue weighted by Crippen LogP contribution is 2.33. The predicted molar refractivity (Wildman–Crippen MR) is 79.0 cm³/mol. The molecule has 0 radical (unpaired) electrons. The monoisotopic (exact) mass is 328 g/mol. The third-order valence-corrected chi connectivity index (χ3v) is 3.95. The molecule has 1 aromatic heterocycles. The summed E-state index contributed by atoms with van der Waals surface area (Å²) in [6.07, 6.45) is -2.56.